The van der Waals surface area contributed by atoms with E-state index < -0.39 is 0 Å². The van der Waals surface area contributed by atoms with Crippen LogP contribution in [0.3, 0.4) is 0 Å². The fourth-order valence-electron chi connectivity index (χ4n) is 1.05. The monoisotopic (exact) mass is 148 g/mol. The molecule has 4 nitrogen and oxygen atoms in total. The summed E-state index contributed by atoms with van der Waals surface area (Å²) >= 11 is 0. The molecule has 0 radical (unpaired) electrons. The van der Waals surface area contributed by atoms with E-state index >= 15 is 0 Å². The Bertz CT molecular complexity index is 327. The van der Waals surface area contributed by atoms with Gasteiger partial charge in [-0.1, -0.05) is 0 Å². The first-order valence-electron chi connectivity index (χ1n) is 3.52. The van der Waals surface area contributed by atoms with Crippen LogP contribution >= 0.6 is 0 Å². The van der Waals surface area contributed by atoms with Crippen molar-refractivity contribution < 1.29 is 0 Å². The lowest BCUT2D eigenvalue weighted by molar-refractivity contribution is 0.730. The minimum Gasteiger partial charge on any atom is -0.316 e. The molecule has 11 heavy (non-hydrogen) atoms. The highest BCUT2D eigenvalue weighted by Crippen LogP contribution is 2.13. The van der Waals surface area contributed by atoms with Crippen molar-refractivity contribution in [2.24, 2.45) is 0 Å². The van der Waals surface area contributed by atoms with Gasteiger partial charge in [0.25, 0.3) is 0 Å². The summed E-state index contributed by atoms with van der Waals surface area (Å²) < 4.78 is 1.96. The molecule has 0 aromatic rings. The Morgan fingerprint density at radius 2 is 2.36 bits per heavy atom. The van der Waals surface area contributed by atoms with Gasteiger partial charge in [-0.2, -0.15) is 0 Å². The summed E-state index contributed by atoms with van der Waals surface area (Å²) in [7, 11) is 0. The summed E-state index contributed by atoms with van der Waals surface area (Å²) in [6, 6.07) is 0. The average molecular weight is 148 g/mol. The van der Waals surface area contributed by atoms with Crippen molar-refractivity contribution in [3.8, 4) is 11.5 Å². The number of imidazole rings is 1. The summed E-state index contributed by atoms with van der Waals surface area (Å²) in [5.74, 6) is 0.905. The van der Waals surface area contributed by atoms with Crippen molar-refractivity contribution in [2.45, 2.75) is 13.5 Å². The maximum absolute atomic E-state index is 4.10. The molecular formula is C7H8N4. The lowest BCUT2D eigenvalue weighted by Crippen LogP contribution is -2.01. The fraction of sp³-hybridized carbons (Fsp3) is 0.286. The normalized spacial score (nSPS) is 10.6. The van der Waals surface area contributed by atoms with Crippen LogP contribution in [0.25, 0.3) is 11.5 Å². The van der Waals surface area contributed by atoms with E-state index in [2.05, 4.69) is 21.9 Å². The predicted octanol–water partition coefficient (Wildman–Crippen LogP) is 0.798. The van der Waals surface area contributed by atoms with E-state index in [1.54, 1.807) is 18.9 Å². The quantitative estimate of drug-likeness (QED) is 0.600. The molecule has 0 N–H and O–H groups in total. The highest BCUT2D eigenvalue weighted by molar-refractivity contribution is 5.48. The van der Waals surface area contributed by atoms with Gasteiger partial charge in [-0.3, -0.25) is 0 Å². The van der Waals surface area contributed by atoms with Gasteiger partial charge in [-0.05, 0) is 6.92 Å². The molecule has 0 saturated heterocycles. The molecule has 2 aliphatic heterocycles. The number of fused-ring (bicyclic) bond motifs is 1. The molecule has 56 valence electrons. The fourth-order valence-corrected chi connectivity index (χ4v) is 1.05. The zero-order valence-corrected chi connectivity index (χ0v) is 6.23. The topological polar surface area (TPSA) is 43.6 Å². The van der Waals surface area contributed by atoms with Gasteiger partial charge in [-0.15, -0.1) is 0 Å². The van der Waals surface area contributed by atoms with E-state index in [0.717, 1.165) is 18.1 Å². The van der Waals surface area contributed by atoms with E-state index in [1.807, 2.05) is 4.57 Å². The van der Waals surface area contributed by atoms with Crippen LogP contribution in [0.4, 0.5) is 0 Å². The summed E-state index contributed by atoms with van der Waals surface area (Å²) in [6.45, 7) is 2.93. The standard InChI is InChI=1S/C7H8N4/c1-2-11-5-8-3-6-7(11)10-4-9-6/h3-5H,2H2,1H3. The molecule has 0 atom stereocenters. The number of rotatable bonds is 1. The van der Waals surface area contributed by atoms with Gasteiger partial charge in [0.1, 0.15) is 12.0 Å². The molecule has 0 bridgehead atoms. The number of nitrogens with zero attached hydrogens (tertiary/aromatic N) is 4. The Hall–Kier alpha value is -1.45. The molecule has 0 saturated carbocycles. The molecule has 0 amide bonds. The molecular weight excluding hydrogens is 140 g/mol. The van der Waals surface area contributed by atoms with Crippen molar-refractivity contribution in [2.75, 3.05) is 0 Å². The number of aryl methyl sites for hydroxylation is 1. The first kappa shape index (κ1) is 6.27. The second-order valence-electron chi connectivity index (χ2n) is 2.26. The van der Waals surface area contributed by atoms with Crippen LogP contribution in [-0.2, 0) is 6.54 Å². The largest absolute Gasteiger partial charge is 0.316 e. The first-order chi connectivity index (χ1) is 5.42. The SMILES string of the molecule is CCn1cncc2ncnc1-2. The van der Waals surface area contributed by atoms with E-state index in [0.29, 0.717) is 0 Å². The second kappa shape index (κ2) is 2.30. The molecule has 2 rings (SSSR count). The third-order valence-electron chi connectivity index (χ3n) is 1.62. The Kier molecular flexibility index (Phi) is 1.31. The molecule has 0 fully saturated rings. The summed E-state index contributed by atoms with van der Waals surface area (Å²) in [6.07, 6.45) is 5.03. The lowest BCUT2D eigenvalue weighted by Gasteiger charge is -2.04. The number of hydrogen-bond acceptors (Lipinski definition) is 3. The Morgan fingerprint density at radius 3 is 3.18 bits per heavy atom. The van der Waals surface area contributed by atoms with Crippen LogP contribution in [0.15, 0.2) is 18.9 Å². The van der Waals surface area contributed by atoms with Crippen LogP contribution in [0, 0.1) is 0 Å². The molecule has 0 aromatic heterocycles. The third kappa shape index (κ3) is 0.869. The molecule has 2 heterocycles. The second-order valence-corrected chi connectivity index (χ2v) is 2.26. The molecule has 2 aliphatic rings. The highest BCUT2D eigenvalue weighted by atomic mass is 15.1. The molecule has 0 aromatic carbocycles. The Labute approximate surface area is 64.3 Å². The van der Waals surface area contributed by atoms with E-state index in [-0.39, 0.29) is 0 Å². The van der Waals surface area contributed by atoms with Crippen LogP contribution in [0.5, 0.6) is 0 Å². The zero-order chi connectivity index (χ0) is 7.68. The Morgan fingerprint density at radius 1 is 1.45 bits per heavy atom. The van der Waals surface area contributed by atoms with Gasteiger partial charge in [0.15, 0.2) is 5.82 Å². The van der Waals surface area contributed by atoms with E-state index in [9.17, 15) is 0 Å². The van der Waals surface area contributed by atoms with Gasteiger partial charge in [0.2, 0.25) is 0 Å². The zero-order valence-electron chi connectivity index (χ0n) is 6.23. The minimum atomic E-state index is 0.856. The maximum atomic E-state index is 4.10. The van der Waals surface area contributed by atoms with Gasteiger partial charge >= 0.3 is 0 Å². The van der Waals surface area contributed by atoms with Gasteiger partial charge in [-0.25, -0.2) is 15.0 Å². The summed E-state index contributed by atoms with van der Waals surface area (Å²) in [5.41, 5.74) is 0.856. The van der Waals surface area contributed by atoms with Gasteiger partial charge in [0.05, 0.1) is 12.5 Å². The third-order valence-corrected chi connectivity index (χ3v) is 1.62. The highest BCUT2D eigenvalue weighted by Gasteiger charge is 2.07. The summed E-state index contributed by atoms with van der Waals surface area (Å²) in [5, 5.41) is 0. The van der Waals surface area contributed by atoms with Crippen LogP contribution in [-0.4, -0.2) is 19.5 Å². The van der Waals surface area contributed by atoms with Gasteiger partial charge < -0.3 is 4.57 Å². The Balaban J connectivity index is 2.66. The molecule has 0 unspecified atom stereocenters. The van der Waals surface area contributed by atoms with Crippen LogP contribution in [0.2, 0.25) is 0 Å². The van der Waals surface area contributed by atoms with Crippen molar-refractivity contribution in [3.05, 3.63) is 18.9 Å². The molecule has 0 aliphatic carbocycles. The predicted molar refractivity (Wildman–Crippen MR) is 40.1 cm³/mol. The van der Waals surface area contributed by atoms with Crippen molar-refractivity contribution in [3.63, 3.8) is 0 Å². The van der Waals surface area contributed by atoms with Gasteiger partial charge in [0, 0.05) is 6.54 Å². The molecule has 0 spiro atoms. The maximum Gasteiger partial charge on any atom is 0.163 e. The average Bonchev–Trinajstić information content (AvgIpc) is 2.50. The van der Waals surface area contributed by atoms with Crippen molar-refractivity contribution >= 4 is 0 Å². The molecule has 4 heteroatoms. The van der Waals surface area contributed by atoms with Crippen molar-refractivity contribution in [1.29, 1.82) is 0 Å². The van der Waals surface area contributed by atoms with Crippen LogP contribution in [0.1, 0.15) is 6.92 Å². The number of aromatic nitrogens is 4. The first-order valence-corrected chi connectivity index (χ1v) is 3.52. The van der Waals surface area contributed by atoms with E-state index in [4.69, 9.17) is 0 Å². The minimum absolute atomic E-state index is 0.856. The lowest BCUT2D eigenvalue weighted by atomic mass is 10.4. The summed E-state index contributed by atoms with van der Waals surface area (Å²) in [4.78, 5) is 12.2. The number of hydrogen-bond donors (Lipinski definition) is 0. The van der Waals surface area contributed by atoms with Crippen LogP contribution < -0.4 is 0 Å². The van der Waals surface area contributed by atoms with E-state index in [1.165, 1.54) is 0 Å². The van der Waals surface area contributed by atoms with Crippen molar-refractivity contribution in [1.82, 2.24) is 19.5 Å². The smallest absolute Gasteiger partial charge is 0.163 e.